The van der Waals surface area contributed by atoms with Crippen LogP contribution in [0.5, 0.6) is 11.5 Å². The van der Waals surface area contributed by atoms with Crippen LogP contribution in [0.25, 0.3) is 0 Å². The van der Waals surface area contributed by atoms with Gasteiger partial charge in [0.05, 0.1) is 0 Å². The standard InChI is InChI=1S/C10H10O4/c1-12-10(5-11)7-2-3-8-9(4-7)14-6-13-8/h2-5,10H,6H2,1H3/t10-/m1/s1. The maximum Gasteiger partial charge on any atom is 0.231 e. The number of carbonyl (C=O) groups excluding carboxylic acids is 1. The fourth-order valence-electron chi connectivity index (χ4n) is 1.36. The third kappa shape index (κ3) is 1.44. The molecule has 0 saturated carbocycles. The highest BCUT2D eigenvalue weighted by Gasteiger charge is 2.16. The van der Waals surface area contributed by atoms with Crippen LogP contribution in [0.4, 0.5) is 0 Å². The third-order valence-corrected chi connectivity index (χ3v) is 2.10. The predicted molar refractivity (Wildman–Crippen MR) is 48.4 cm³/mol. The molecule has 0 saturated heterocycles. The molecule has 4 heteroatoms. The van der Waals surface area contributed by atoms with Crippen LogP contribution >= 0.6 is 0 Å². The summed E-state index contributed by atoms with van der Waals surface area (Å²) in [5, 5.41) is 0. The van der Waals surface area contributed by atoms with Crippen molar-refractivity contribution in [3.63, 3.8) is 0 Å². The number of rotatable bonds is 3. The molecule has 1 aliphatic rings. The third-order valence-electron chi connectivity index (χ3n) is 2.10. The van der Waals surface area contributed by atoms with Crippen LogP contribution in [0.3, 0.4) is 0 Å². The lowest BCUT2D eigenvalue weighted by Gasteiger charge is -2.08. The smallest absolute Gasteiger partial charge is 0.231 e. The molecule has 4 nitrogen and oxygen atoms in total. The molecule has 2 rings (SSSR count). The minimum absolute atomic E-state index is 0.234. The van der Waals surface area contributed by atoms with Crippen LogP contribution in [-0.2, 0) is 9.53 Å². The molecule has 0 unspecified atom stereocenters. The maximum atomic E-state index is 10.6. The molecule has 1 heterocycles. The Bertz CT molecular complexity index is 348. The summed E-state index contributed by atoms with van der Waals surface area (Å²) in [6.07, 6.45) is 0.210. The monoisotopic (exact) mass is 194 g/mol. The zero-order valence-electron chi connectivity index (χ0n) is 7.73. The predicted octanol–water partition coefficient (Wildman–Crippen LogP) is 1.30. The summed E-state index contributed by atoms with van der Waals surface area (Å²) in [7, 11) is 1.49. The van der Waals surface area contributed by atoms with Crippen LogP contribution in [0.1, 0.15) is 11.7 Å². The van der Waals surface area contributed by atoms with Crippen LogP contribution in [0.15, 0.2) is 18.2 Å². The van der Waals surface area contributed by atoms with Gasteiger partial charge < -0.3 is 19.0 Å². The van der Waals surface area contributed by atoms with E-state index in [1.165, 1.54) is 7.11 Å². The van der Waals surface area contributed by atoms with Gasteiger partial charge in [-0.25, -0.2) is 0 Å². The van der Waals surface area contributed by atoms with Crippen molar-refractivity contribution in [2.45, 2.75) is 6.10 Å². The number of aldehydes is 1. The lowest BCUT2D eigenvalue weighted by molar-refractivity contribution is -0.116. The second kappa shape index (κ2) is 3.67. The number of fused-ring (bicyclic) bond motifs is 1. The number of hydrogen-bond acceptors (Lipinski definition) is 4. The highest BCUT2D eigenvalue weighted by atomic mass is 16.7. The van der Waals surface area contributed by atoms with E-state index in [0.717, 1.165) is 11.8 Å². The van der Waals surface area contributed by atoms with E-state index in [1.54, 1.807) is 18.2 Å². The van der Waals surface area contributed by atoms with E-state index < -0.39 is 6.10 Å². The van der Waals surface area contributed by atoms with E-state index in [-0.39, 0.29) is 6.79 Å². The Morgan fingerprint density at radius 2 is 2.21 bits per heavy atom. The van der Waals surface area contributed by atoms with Crippen molar-refractivity contribution in [1.29, 1.82) is 0 Å². The molecule has 1 aliphatic heterocycles. The van der Waals surface area contributed by atoms with Crippen molar-refractivity contribution in [1.82, 2.24) is 0 Å². The van der Waals surface area contributed by atoms with E-state index >= 15 is 0 Å². The van der Waals surface area contributed by atoms with Gasteiger partial charge in [-0.2, -0.15) is 0 Å². The van der Waals surface area contributed by atoms with Crippen molar-refractivity contribution in [3.8, 4) is 11.5 Å². The van der Waals surface area contributed by atoms with Crippen molar-refractivity contribution in [2.75, 3.05) is 13.9 Å². The lowest BCUT2D eigenvalue weighted by atomic mass is 10.1. The van der Waals surface area contributed by atoms with Gasteiger partial charge in [0.1, 0.15) is 6.10 Å². The molecular weight excluding hydrogens is 184 g/mol. The van der Waals surface area contributed by atoms with Crippen molar-refractivity contribution < 1.29 is 19.0 Å². The Morgan fingerprint density at radius 1 is 1.43 bits per heavy atom. The summed E-state index contributed by atoms with van der Waals surface area (Å²) >= 11 is 0. The Balaban J connectivity index is 2.32. The molecule has 1 aromatic carbocycles. The van der Waals surface area contributed by atoms with Crippen LogP contribution < -0.4 is 9.47 Å². The van der Waals surface area contributed by atoms with Crippen LogP contribution in [0, 0.1) is 0 Å². The maximum absolute atomic E-state index is 10.6. The molecule has 0 radical (unpaired) electrons. The minimum atomic E-state index is -0.538. The first kappa shape index (κ1) is 9.02. The zero-order chi connectivity index (χ0) is 9.97. The topological polar surface area (TPSA) is 44.8 Å². The summed E-state index contributed by atoms with van der Waals surface area (Å²) in [5.41, 5.74) is 0.770. The molecule has 0 bridgehead atoms. The van der Waals surface area contributed by atoms with Gasteiger partial charge in [-0.15, -0.1) is 0 Å². The average molecular weight is 194 g/mol. The summed E-state index contributed by atoms with van der Waals surface area (Å²) in [6, 6.07) is 5.31. The fourth-order valence-corrected chi connectivity index (χ4v) is 1.36. The van der Waals surface area contributed by atoms with E-state index in [1.807, 2.05) is 0 Å². The number of ether oxygens (including phenoxy) is 3. The van der Waals surface area contributed by atoms with Crippen molar-refractivity contribution in [3.05, 3.63) is 23.8 Å². The number of benzene rings is 1. The summed E-state index contributed by atoms with van der Waals surface area (Å²) in [4.78, 5) is 10.6. The summed E-state index contributed by atoms with van der Waals surface area (Å²) in [5.74, 6) is 1.36. The summed E-state index contributed by atoms with van der Waals surface area (Å²) < 4.78 is 15.3. The molecule has 0 fully saturated rings. The van der Waals surface area contributed by atoms with E-state index in [2.05, 4.69) is 0 Å². The molecule has 74 valence electrons. The quantitative estimate of drug-likeness (QED) is 0.680. The normalized spacial score (nSPS) is 15.2. The van der Waals surface area contributed by atoms with Crippen LogP contribution in [-0.4, -0.2) is 20.2 Å². The number of carbonyl (C=O) groups is 1. The van der Waals surface area contributed by atoms with E-state index in [4.69, 9.17) is 14.2 Å². The van der Waals surface area contributed by atoms with Crippen LogP contribution in [0.2, 0.25) is 0 Å². The Hall–Kier alpha value is -1.55. The second-order valence-electron chi connectivity index (χ2n) is 2.91. The molecule has 0 N–H and O–H groups in total. The van der Waals surface area contributed by atoms with Crippen molar-refractivity contribution in [2.24, 2.45) is 0 Å². The van der Waals surface area contributed by atoms with Gasteiger partial charge in [0.25, 0.3) is 0 Å². The molecule has 0 spiro atoms. The molecule has 14 heavy (non-hydrogen) atoms. The van der Waals surface area contributed by atoms with Gasteiger partial charge in [0, 0.05) is 7.11 Å². The molecule has 0 aliphatic carbocycles. The molecule has 1 aromatic rings. The van der Waals surface area contributed by atoms with E-state index in [0.29, 0.717) is 11.5 Å². The highest BCUT2D eigenvalue weighted by Crippen LogP contribution is 2.34. The SMILES string of the molecule is CO[C@H](C=O)c1ccc2c(c1)OCO2. The first-order valence-corrected chi connectivity index (χ1v) is 4.23. The zero-order valence-corrected chi connectivity index (χ0v) is 7.73. The number of hydrogen-bond donors (Lipinski definition) is 0. The lowest BCUT2D eigenvalue weighted by Crippen LogP contribution is -2.02. The fraction of sp³-hybridized carbons (Fsp3) is 0.300. The Labute approximate surface area is 81.4 Å². The summed E-state index contributed by atoms with van der Waals surface area (Å²) in [6.45, 7) is 0.234. The first-order chi connectivity index (χ1) is 6.85. The van der Waals surface area contributed by atoms with Gasteiger partial charge in [-0.3, -0.25) is 0 Å². The van der Waals surface area contributed by atoms with Gasteiger partial charge in [0.2, 0.25) is 6.79 Å². The van der Waals surface area contributed by atoms with Gasteiger partial charge in [0.15, 0.2) is 17.8 Å². The molecular formula is C10H10O4. The molecule has 1 atom stereocenters. The molecule has 0 aromatic heterocycles. The molecule has 0 amide bonds. The second-order valence-corrected chi connectivity index (χ2v) is 2.91. The Kier molecular flexibility index (Phi) is 2.37. The highest BCUT2D eigenvalue weighted by molar-refractivity contribution is 5.61. The largest absolute Gasteiger partial charge is 0.454 e. The Morgan fingerprint density at radius 3 is 2.93 bits per heavy atom. The number of methoxy groups -OCH3 is 1. The van der Waals surface area contributed by atoms with Gasteiger partial charge in [-0.1, -0.05) is 6.07 Å². The average Bonchev–Trinajstić information content (AvgIpc) is 2.66. The van der Waals surface area contributed by atoms with E-state index in [9.17, 15) is 4.79 Å². The first-order valence-electron chi connectivity index (χ1n) is 4.23. The van der Waals surface area contributed by atoms with Gasteiger partial charge in [-0.05, 0) is 17.7 Å². The van der Waals surface area contributed by atoms with Gasteiger partial charge >= 0.3 is 0 Å². The minimum Gasteiger partial charge on any atom is -0.454 e. The van der Waals surface area contributed by atoms with Crippen molar-refractivity contribution >= 4 is 6.29 Å².